The van der Waals surface area contributed by atoms with Crippen molar-refractivity contribution in [2.45, 2.75) is 18.2 Å². The summed E-state index contributed by atoms with van der Waals surface area (Å²) in [5.41, 5.74) is 4.40. The van der Waals surface area contributed by atoms with E-state index in [0.717, 1.165) is 20.8 Å². The molecule has 0 fully saturated rings. The van der Waals surface area contributed by atoms with Gasteiger partial charge in [-0.3, -0.25) is 4.79 Å². The summed E-state index contributed by atoms with van der Waals surface area (Å²) in [6.45, 7) is 1.74. The molecular weight excluding hydrogens is 418 g/mol. The van der Waals surface area contributed by atoms with Crippen molar-refractivity contribution in [1.29, 1.82) is 0 Å². The van der Waals surface area contributed by atoms with Crippen LogP contribution in [-0.4, -0.2) is 38.4 Å². The van der Waals surface area contributed by atoms with E-state index in [1.165, 1.54) is 31.0 Å². The van der Waals surface area contributed by atoms with Crippen LogP contribution in [-0.2, 0) is 21.2 Å². The first-order chi connectivity index (χ1) is 12.3. The Balaban J connectivity index is 1.93. The summed E-state index contributed by atoms with van der Waals surface area (Å²) < 4.78 is 26.6. The molecule has 0 saturated heterocycles. The van der Waals surface area contributed by atoms with E-state index in [2.05, 4.69) is 33.4 Å². The number of amides is 1. The van der Waals surface area contributed by atoms with E-state index < -0.39 is 15.9 Å². The zero-order valence-electron chi connectivity index (χ0n) is 14.5. The predicted molar refractivity (Wildman–Crippen MR) is 106 cm³/mol. The van der Waals surface area contributed by atoms with Gasteiger partial charge in [0, 0.05) is 11.5 Å². The van der Waals surface area contributed by atoms with Crippen LogP contribution in [0.4, 0.5) is 0 Å². The Hall–Kier alpha value is -2.03. The average Bonchev–Trinajstić information content (AvgIpc) is 2.62. The third-order valence-corrected chi connectivity index (χ3v) is 6.03. The lowest BCUT2D eigenvalue weighted by Crippen LogP contribution is -2.36. The van der Waals surface area contributed by atoms with E-state index in [0.29, 0.717) is 0 Å². The second kappa shape index (κ2) is 9.07. The van der Waals surface area contributed by atoms with Crippen molar-refractivity contribution in [3.63, 3.8) is 0 Å². The molecule has 138 valence electrons. The number of hydrazone groups is 1. The van der Waals surface area contributed by atoms with Gasteiger partial charge in [0.25, 0.3) is 5.91 Å². The maximum Gasteiger partial charge on any atom is 0.255 e. The first kappa shape index (κ1) is 20.3. The molecule has 0 spiro atoms. The lowest BCUT2D eigenvalue weighted by atomic mass is 10.1. The van der Waals surface area contributed by atoms with Gasteiger partial charge in [-0.25, -0.2) is 13.8 Å². The first-order valence-corrected chi connectivity index (χ1v) is 10.2. The van der Waals surface area contributed by atoms with Gasteiger partial charge < -0.3 is 0 Å². The Morgan fingerprint density at radius 3 is 2.35 bits per heavy atom. The zero-order valence-corrected chi connectivity index (χ0v) is 16.9. The topological polar surface area (TPSA) is 78.8 Å². The number of nitrogens with one attached hydrogen (secondary N) is 1. The molecule has 0 radical (unpaired) electrons. The molecule has 0 atom stereocenters. The maximum absolute atomic E-state index is 12.4. The molecule has 0 aliphatic rings. The van der Waals surface area contributed by atoms with Gasteiger partial charge in [-0.05, 0) is 41.8 Å². The molecule has 1 N–H and O–H groups in total. The highest BCUT2D eigenvalue weighted by Gasteiger charge is 2.22. The van der Waals surface area contributed by atoms with E-state index in [-0.39, 0.29) is 11.4 Å². The molecule has 0 saturated carbocycles. The van der Waals surface area contributed by atoms with Crippen LogP contribution < -0.4 is 5.43 Å². The van der Waals surface area contributed by atoms with E-state index in [1.54, 1.807) is 12.1 Å². The molecule has 0 heterocycles. The summed E-state index contributed by atoms with van der Waals surface area (Å²) in [5, 5.41) is 3.86. The van der Waals surface area contributed by atoms with Crippen LogP contribution in [0, 0.1) is 0 Å². The van der Waals surface area contributed by atoms with Gasteiger partial charge in [0.05, 0.1) is 17.7 Å². The van der Waals surface area contributed by atoms with Gasteiger partial charge in [0.15, 0.2) is 0 Å². The SMILES string of the molecule is CCc1ccc(/C=N\NC(=O)CN(C)S(=O)(=O)c2ccc(Br)cc2)cc1. The summed E-state index contributed by atoms with van der Waals surface area (Å²) in [4.78, 5) is 12.1. The molecule has 0 aromatic heterocycles. The van der Waals surface area contributed by atoms with E-state index in [1.807, 2.05) is 24.3 Å². The molecule has 1 amide bonds. The van der Waals surface area contributed by atoms with Crippen molar-refractivity contribution in [2.24, 2.45) is 5.10 Å². The predicted octanol–water partition coefficient (Wildman–Crippen LogP) is 2.78. The second-order valence-electron chi connectivity index (χ2n) is 5.60. The van der Waals surface area contributed by atoms with Crippen LogP contribution in [0.5, 0.6) is 0 Å². The quantitative estimate of drug-likeness (QED) is 0.534. The number of benzene rings is 2. The summed E-state index contributed by atoms with van der Waals surface area (Å²) >= 11 is 3.26. The molecule has 2 aromatic rings. The minimum atomic E-state index is -3.74. The largest absolute Gasteiger partial charge is 0.272 e. The van der Waals surface area contributed by atoms with Gasteiger partial charge >= 0.3 is 0 Å². The molecule has 8 heteroatoms. The standard InChI is InChI=1S/C18H20BrN3O3S/c1-3-14-4-6-15(7-5-14)12-20-21-18(23)13-22(2)26(24,25)17-10-8-16(19)9-11-17/h4-12H,3,13H2,1-2H3,(H,21,23)/b20-12-. The molecular formula is C18H20BrN3O3S. The fraction of sp³-hybridized carbons (Fsp3) is 0.222. The van der Waals surface area contributed by atoms with E-state index in [9.17, 15) is 13.2 Å². The average molecular weight is 438 g/mol. The highest BCUT2D eigenvalue weighted by molar-refractivity contribution is 9.10. The Morgan fingerprint density at radius 1 is 1.15 bits per heavy atom. The molecule has 0 aliphatic heterocycles. The number of aryl methyl sites for hydroxylation is 1. The van der Waals surface area contributed by atoms with Gasteiger partial charge in [0.2, 0.25) is 10.0 Å². The number of carbonyl (C=O) groups excluding carboxylic acids is 1. The molecule has 0 aliphatic carbocycles. The Morgan fingerprint density at radius 2 is 1.77 bits per heavy atom. The zero-order chi connectivity index (χ0) is 19.2. The number of rotatable bonds is 7. The summed E-state index contributed by atoms with van der Waals surface area (Å²) in [5.74, 6) is -0.519. The number of nitrogens with zero attached hydrogens (tertiary/aromatic N) is 2. The molecule has 26 heavy (non-hydrogen) atoms. The molecule has 0 unspecified atom stereocenters. The first-order valence-electron chi connectivity index (χ1n) is 7.95. The third kappa shape index (κ3) is 5.48. The summed E-state index contributed by atoms with van der Waals surface area (Å²) in [6.07, 6.45) is 2.47. The Labute approximate surface area is 162 Å². The maximum atomic E-state index is 12.4. The number of hydrogen-bond donors (Lipinski definition) is 1. The van der Waals surface area contributed by atoms with E-state index in [4.69, 9.17) is 0 Å². The Bertz CT molecular complexity index is 879. The molecule has 0 bridgehead atoms. The van der Waals surface area contributed by atoms with Crippen molar-refractivity contribution >= 4 is 38.1 Å². The summed E-state index contributed by atoms with van der Waals surface area (Å²) in [7, 11) is -2.38. The number of carbonyl (C=O) groups is 1. The van der Waals surface area contributed by atoms with Crippen molar-refractivity contribution in [1.82, 2.24) is 9.73 Å². The molecule has 2 rings (SSSR count). The lowest BCUT2D eigenvalue weighted by molar-refractivity contribution is -0.121. The summed E-state index contributed by atoms with van der Waals surface area (Å²) in [6, 6.07) is 14.0. The Kier molecular flexibility index (Phi) is 7.07. The van der Waals surface area contributed by atoms with Gasteiger partial charge in [-0.1, -0.05) is 47.1 Å². The van der Waals surface area contributed by atoms with Crippen LogP contribution >= 0.6 is 15.9 Å². The smallest absolute Gasteiger partial charge is 0.255 e. The molecule has 6 nitrogen and oxygen atoms in total. The van der Waals surface area contributed by atoms with Gasteiger partial charge in [-0.2, -0.15) is 9.41 Å². The van der Waals surface area contributed by atoms with Crippen LogP contribution in [0.2, 0.25) is 0 Å². The number of halogens is 1. The highest BCUT2D eigenvalue weighted by atomic mass is 79.9. The van der Waals surface area contributed by atoms with Crippen LogP contribution in [0.3, 0.4) is 0 Å². The van der Waals surface area contributed by atoms with Gasteiger partial charge in [-0.15, -0.1) is 0 Å². The van der Waals surface area contributed by atoms with Crippen molar-refractivity contribution < 1.29 is 13.2 Å². The normalized spacial score (nSPS) is 11.8. The van der Waals surface area contributed by atoms with Crippen LogP contribution in [0.1, 0.15) is 18.1 Å². The third-order valence-electron chi connectivity index (χ3n) is 3.68. The minimum Gasteiger partial charge on any atom is -0.272 e. The highest BCUT2D eigenvalue weighted by Crippen LogP contribution is 2.17. The number of sulfonamides is 1. The minimum absolute atomic E-state index is 0.121. The van der Waals surface area contributed by atoms with Crippen LogP contribution in [0.15, 0.2) is 63.0 Å². The monoisotopic (exact) mass is 437 g/mol. The van der Waals surface area contributed by atoms with Gasteiger partial charge in [0.1, 0.15) is 0 Å². The molecule has 2 aromatic carbocycles. The lowest BCUT2D eigenvalue weighted by Gasteiger charge is -2.16. The fourth-order valence-corrected chi connectivity index (χ4v) is 3.52. The second-order valence-corrected chi connectivity index (χ2v) is 8.56. The van der Waals surface area contributed by atoms with Crippen LogP contribution in [0.25, 0.3) is 0 Å². The number of likely N-dealkylation sites (N-methyl/N-ethyl adjacent to an activating group) is 1. The van der Waals surface area contributed by atoms with Crippen molar-refractivity contribution in [3.8, 4) is 0 Å². The van der Waals surface area contributed by atoms with Crippen molar-refractivity contribution in [3.05, 3.63) is 64.1 Å². The number of hydrogen-bond acceptors (Lipinski definition) is 4. The fourth-order valence-electron chi connectivity index (χ4n) is 2.13. The van der Waals surface area contributed by atoms with E-state index >= 15 is 0 Å². The van der Waals surface area contributed by atoms with Crippen molar-refractivity contribution in [2.75, 3.05) is 13.6 Å².